The van der Waals surface area contributed by atoms with E-state index in [0.29, 0.717) is 22.4 Å². The van der Waals surface area contributed by atoms with Gasteiger partial charge in [0.25, 0.3) is 0 Å². The summed E-state index contributed by atoms with van der Waals surface area (Å²) in [5.41, 5.74) is 7.30. The van der Waals surface area contributed by atoms with E-state index in [-0.39, 0.29) is 5.78 Å². The number of anilines is 1. The number of aromatic nitrogens is 1. The SMILES string of the molecule is Cc1ccnc(N)c1C(=O)CSC1CCCC1. The van der Waals surface area contributed by atoms with Crippen molar-refractivity contribution in [1.29, 1.82) is 0 Å². The second-order valence-corrected chi connectivity index (χ2v) is 5.82. The van der Waals surface area contributed by atoms with Gasteiger partial charge in [-0.3, -0.25) is 4.79 Å². The summed E-state index contributed by atoms with van der Waals surface area (Å²) in [5, 5.41) is 0.664. The topological polar surface area (TPSA) is 56.0 Å². The van der Waals surface area contributed by atoms with Gasteiger partial charge in [0.15, 0.2) is 5.78 Å². The smallest absolute Gasteiger partial charge is 0.176 e. The van der Waals surface area contributed by atoms with Crippen LogP contribution in [0.3, 0.4) is 0 Å². The lowest BCUT2D eigenvalue weighted by Crippen LogP contribution is -2.11. The molecule has 0 aromatic carbocycles. The average molecular weight is 250 g/mol. The molecule has 17 heavy (non-hydrogen) atoms. The molecule has 2 N–H and O–H groups in total. The first-order valence-corrected chi connectivity index (χ1v) is 7.09. The lowest BCUT2D eigenvalue weighted by Gasteiger charge is -2.10. The molecule has 0 aliphatic heterocycles. The van der Waals surface area contributed by atoms with E-state index in [1.165, 1.54) is 25.7 Å². The first-order valence-electron chi connectivity index (χ1n) is 6.04. The fraction of sp³-hybridized carbons (Fsp3) is 0.538. The van der Waals surface area contributed by atoms with Crippen molar-refractivity contribution in [2.24, 2.45) is 0 Å². The molecule has 3 nitrogen and oxygen atoms in total. The Bertz CT molecular complexity index is 394. The number of nitrogens with two attached hydrogens (primary N) is 1. The van der Waals surface area contributed by atoms with Crippen molar-refractivity contribution in [3.05, 3.63) is 23.4 Å². The molecule has 1 heterocycles. The molecular weight excluding hydrogens is 232 g/mol. The third kappa shape index (κ3) is 3.00. The second-order valence-electron chi connectivity index (χ2n) is 4.53. The molecule has 92 valence electrons. The van der Waals surface area contributed by atoms with Crippen molar-refractivity contribution in [2.45, 2.75) is 37.9 Å². The molecule has 1 saturated carbocycles. The molecule has 1 aromatic rings. The first-order chi connectivity index (χ1) is 8.18. The first kappa shape index (κ1) is 12.4. The number of aryl methyl sites for hydroxylation is 1. The van der Waals surface area contributed by atoms with E-state index in [1.54, 1.807) is 18.0 Å². The Hall–Kier alpha value is -1.03. The maximum atomic E-state index is 12.1. The number of carbonyl (C=O) groups excluding carboxylic acids is 1. The Balaban J connectivity index is 1.99. The van der Waals surface area contributed by atoms with Crippen LogP contribution in [0.5, 0.6) is 0 Å². The molecule has 0 unspecified atom stereocenters. The van der Waals surface area contributed by atoms with Gasteiger partial charge >= 0.3 is 0 Å². The molecule has 1 fully saturated rings. The maximum Gasteiger partial charge on any atom is 0.176 e. The molecule has 0 saturated heterocycles. The van der Waals surface area contributed by atoms with Crippen LogP contribution in [0.2, 0.25) is 0 Å². The van der Waals surface area contributed by atoms with Crippen LogP contribution in [0.1, 0.15) is 41.6 Å². The van der Waals surface area contributed by atoms with Gasteiger partial charge in [-0.2, -0.15) is 11.8 Å². The highest BCUT2D eigenvalue weighted by Crippen LogP contribution is 2.30. The van der Waals surface area contributed by atoms with Crippen molar-refractivity contribution in [3.8, 4) is 0 Å². The van der Waals surface area contributed by atoms with E-state index < -0.39 is 0 Å². The number of carbonyl (C=O) groups is 1. The highest BCUT2D eigenvalue weighted by molar-refractivity contribution is 8.00. The Kier molecular flexibility index (Phi) is 4.05. The minimum absolute atomic E-state index is 0.116. The van der Waals surface area contributed by atoms with E-state index in [4.69, 9.17) is 5.73 Å². The molecule has 1 aliphatic carbocycles. The Morgan fingerprint density at radius 3 is 2.88 bits per heavy atom. The predicted molar refractivity (Wildman–Crippen MR) is 72.4 cm³/mol. The van der Waals surface area contributed by atoms with Crippen molar-refractivity contribution < 1.29 is 4.79 Å². The van der Waals surface area contributed by atoms with Gasteiger partial charge in [-0.15, -0.1) is 0 Å². The van der Waals surface area contributed by atoms with Gasteiger partial charge in [0, 0.05) is 11.4 Å². The van der Waals surface area contributed by atoms with Gasteiger partial charge in [0.05, 0.1) is 11.3 Å². The van der Waals surface area contributed by atoms with Crippen molar-refractivity contribution in [1.82, 2.24) is 4.98 Å². The van der Waals surface area contributed by atoms with Crippen LogP contribution < -0.4 is 5.73 Å². The highest BCUT2D eigenvalue weighted by Gasteiger charge is 2.19. The monoisotopic (exact) mass is 250 g/mol. The van der Waals surface area contributed by atoms with Crippen LogP contribution >= 0.6 is 11.8 Å². The summed E-state index contributed by atoms with van der Waals surface area (Å²) in [4.78, 5) is 16.1. The number of thioether (sulfide) groups is 1. The van der Waals surface area contributed by atoms with Crippen molar-refractivity contribution in [3.63, 3.8) is 0 Å². The summed E-state index contributed by atoms with van der Waals surface area (Å²) >= 11 is 1.77. The summed E-state index contributed by atoms with van der Waals surface area (Å²) in [6.45, 7) is 1.91. The number of hydrogen-bond donors (Lipinski definition) is 1. The van der Waals surface area contributed by atoms with Gasteiger partial charge < -0.3 is 5.73 Å². The Morgan fingerprint density at radius 2 is 2.24 bits per heavy atom. The van der Waals surface area contributed by atoms with Crippen LogP contribution in [0, 0.1) is 6.92 Å². The largest absolute Gasteiger partial charge is 0.383 e. The predicted octanol–water partition coefficient (Wildman–Crippen LogP) is 2.83. The summed E-state index contributed by atoms with van der Waals surface area (Å²) in [5.74, 6) is 1.01. The van der Waals surface area contributed by atoms with E-state index in [1.807, 2.05) is 13.0 Å². The molecule has 0 bridgehead atoms. The van der Waals surface area contributed by atoms with Gasteiger partial charge in [-0.25, -0.2) is 4.98 Å². The normalized spacial score (nSPS) is 16.3. The fourth-order valence-corrected chi connectivity index (χ4v) is 3.46. The number of pyridine rings is 1. The molecular formula is C13H18N2OS. The quantitative estimate of drug-likeness (QED) is 0.835. The van der Waals surface area contributed by atoms with E-state index in [9.17, 15) is 4.79 Å². The van der Waals surface area contributed by atoms with Crippen molar-refractivity contribution >= 4 is 23.4 Å². The summed E-state index contributed by atoms with van der Waals surface area (Å²) in [7, 11) is 0. The minimum Gasteiger partial charge on any atom is -0.383 e. The molecule has 1 aliphatic rings. The van der Waals surface area contributed by atoms with E-state index >= 15 is 0 Å². The van der Waals surface area contributed by atoms with E-state index in [0.717, 1.165) is 5.56 Å². The standard InChI is InChI=1S/C13H18N2OS/c1-9-6-7-15-13(14)12(9)11(16)8-17-10-4-2-3-5-10/h6-7,10H,2-5,8H2,1H3,(H2,14,15). The number of nitrogen functional groups attached to an aromatic ring is 1. The molecule has 0 atom stereocenters. The number of Topliss-reactive ketones (excluding diaryl/α,β-unsaturated/α-hetero) is 1. The molecule has 0 amide bonds. The van der Waals surface area contributed by atoms with Crippen molar-refractivity contribution in [2.75, 3.05) is 11.5 Å². The van der Waals surface area contributed by atoms with Gasteiger partial charge in [-0.05, 0) is 31.4 Å². The summed E-state index contributed by atoms with van der Waals surface area (Å²) in [6, 6.07) is 1.84. The zero-order chi connectivity index (χ0) is 12.3. The lowest BCUT2D eigenvalue weighted by atomic mass is 10.1. The third-order valence-electron chi connectivity index (χ3n) is 3.22. The molecule has 0 radical (unpaired) electrons. The van der Waals surface area contributed by atoms with Crippen LogP contribution in [-0.4, -0.2) is 21.8 Å². The zero-order valence-corrected chi connectivity index (χ0v) is 10.9. The number of ketones is 1. The zero-order valence-electron chi connectivity index (χ0n) is 10.1. The number of nitrogens with zero attached hydrogens (tertiary/aromatic N) is 1. The van der Waals surface area contributed by atoms with Crippen LogP contribution in [0.4, 0.5) is 5.82 Å². The Morgan fingerprint density at radius 1 is 1.53 bits per heavy atom. The fourth-order valence-electron chi connectivity index (χ4n) is 2.26. The van der Waals surface area contributed by atoms with Crippen LogP contribution in [0.25, 0.3) is 0 Å². The lowest BCUT2D eigenvalue weighted by molar-refractivity contribution is 0.102. The maximum absolute atomic E-state index is 12.1. The summed E-state index contributed by atoms with van der Waals surface area (Å²) in [6.07, 6.45) is 6.75. The number of rotatable bonds is 4. The Labute approximate surface area is 106 Å². The molecule has 0 spiro atoms. The van der Waals surface area contributed by atoms with E-state index in [2.05, 4.69) is 4.98 Å². The average Bonchev–Trinajstić information content (AvgIpc) is 2.79. The molecule has 4 heteroatoms. The van der Waals surface area contributed by atoms with Gasteiger partial charge in [0.2, 0.25) is 0 Å². The summed E-state index contributed by atoms with van der Waals surface area (Å²) < 4.78 is 0. The van der Waals surface area contributed by atoms with Gasteiger partial charge in [-0.1, -0.05) is 12.8 Å². The number of hydrogen-bond acceptors (Lipinski definition) is 4. The third-order valence-corrected chi connectivity index (χ3v) is 4.59. The van der Waals surface area contributed by atoms with Gasteiger partial charge in [0.1, 0.15) is 5.82 Å². The minimum atomic E-state index is 0.116. The van der Waals surface area contributed by atoms with Crippen LogP contribution in [0.15, 0.2) is 12.3 Å². The highest BCUT2D eigenvalue weighted by atomic mass is 32.2. The molecule has 2 rings (SSSR count). The van der Waals surface area contributed by atoms with Crippen LogP contribution in [-0.2, 0) is 0 Å². The second kappa shape index (κ2) is 5.54. The molecule has 1 aromatic heterocycles.